The Labute approximate surface area is 174 Å². The van der Waals surface area contributed by atoms with E-state index in [2.05, 4.69) is 15.6 Å². The van der Waals surface area contributed by atoms with Gasteiger partial charge in [-0.2, -0.15) is 4.68 Å². The van der Waals surface area contributed by atoms with E-state index in [0.717, 1.165) is 22.4 Å². The third kappa shape index (κ3) is 3.67. The third-order valence-corrected chi connectivity index (χ3v) is 4.60. The lowest BCUT2D eigenvalue weighted by atomic mass is 10.1. The maximum absolute atomic E-state index is 13.0. The molecule has 3 aromatic carbocycles. The van der Waals surface area contributed by atoms with E-state index in [1.807, 2.05) is 6.92 Å². The second-order valence-corrected chi connectivity index (χ2v) is 6.69. The number of nitro groups is 2. The van der Waals surface area contributed by atoms with E-state index >= 15 is 0 Å². The molecule has 0 radical (unpaired) electrons. The molecule has 0 amide bonds. The van der Waals surface area contributed by atoms with Gasteiger partial charge in [-0.15, -0.1) is 5.10 Å². The topological polar surface area (TPSA) is 146 Å². The average molecular weight is 418 g/mol. The van der Waals surface area contributed by atoms with Crippen molar-refractivity contribution in [3.63, 3.8) is 0 Å². The molecule has 0 fully saturated rings. The number of aryl methyl sites for hydroxylation is 1. The Hall–Kier alpha value is -4.67. The van der Waals surface area contributed by atoms with Crippen molar-refractivity contribution in [2.75, 3.05) is 5.32 Å². The molecule has 0 unspecified atom stereocenters. The Balaban J connectivity index is 1.85. The van der Waals surface area contributed by atoms with E-state index in [0.29, 0.717) is 16.7 Å². The van der Waals surface area contributed by atoms with Crippen molar-refractivity contribution in [3.05, 3.63) is 92.0 Å². The van der Waals surface area contributed by atoms with Crippen molar-refractivity contribution >= 4 is 39.7 Å². The van der Waals surface area contributed by atoms with Gasteiger partial charge >= 0.3 is 11.4 Å². The number of hydrogen-bond acceptors (Lipinski definition) is 8. The first-order chi connectivity index (χ1) is 14.8. The Bertz CT molecular complexity index is 1310. The largest absolute Gasteiger partial charge is 0.344 e. The van der Waals surface area contributed by atoms with Gasteiger partial charge in [-0.3, -0.25) is 25.0 Å². The monoisotopic (exact) mass is 418 g/mol. The number of nitrogens with zero attached hydrogens (tertiary/aromatic N) is 5. The van der Waals surface area contributed by atoms with Gasteiger partial charge in [-0.25, -0.2) is 0 Å². The molecule has 4 aromatic rings. The van der Waals surface area contributed by atoms with Crippen LogP contribution < -0.4 is 5.32 Å². The summed E-state index contributed by atoms with van der Waals surface area (Å²) in [5.41, 5.74) is 0.401. The summed E-state index contributed by atoms with van der Waals surface area (Å²) in [5, 5.41) is 33.8. The number of para-hydroxylation sites is 1. The molecule has 0 atom stereocenters. The van der Waals surface area contributed by atoms with Crippen LogP contribution >= 0.6 is 0 Å². The zero-order chi connectivity index (χ0) is 22.1. The summed E-state index contributed by atoms with van der Waals surface area (Å²) < 4.78 is 0.950. The van der Waals surface area contributed by atoms with Crippen LogP contribution in [0.2, 0.25) is 0 Å². The molecule has 154 valence electrons. The first-order valence-electron chi connectivity index (χ1n) is 9.01. The molecule has 1 N–H and O–H groups in total. The molecular formula is C20H14N6O5. The van der Waals surface area contributed by atoms with Gasteiger partial charge in [0.05, 0.1) is 20.9 Å². The van der Waals surface area contributed by atoms with Crippen LogP contribution in [0.5, 0.6) is 0 Å². The lowest BCUT2D eigenvalue weighted by molar-refractivity contribution is -0.392. The molecule has 11 heteroatoms. The summed E-state index contributed by atoms with van der Waals surface area (Å²) in [4.78, 5) is 34.8. The van der Waals surface area contributed by atoms with Crippen molar-refractivity contribution < 1.29 is 14.6 Å². The van der Waals surface area contributed by atoms with Crippen LogP contribution in [0.25, 0.3) is 11.0 Å². The number of nitrogens with one attached hydrogen (secondary N) is 1. The summed E-state index contributed by atoms with van der Waals surface area (Å²) in [6.45, 7) is 1.86. The van der Waals surface area contributed by atoms with Gasteiger partial charge in [0, 0.05) is 17.8 Å². The van der Waals surface area contributed by atoms with E-state index in [1.54, 1.807) is 48.5 Å². The highest BCUT2D eigenvalue weighted by Gasteiger charge is 2.30. The quantitative estimate of drug-likeness (QED) is 0.378. The Morgan fingerprint density at radius 3 is 2.19 bits per heavy atom. The summed E-state index contributed by atoms with van der Waals surface area (Å²) in [5.74, 6) is -0.776. The van der Waals surface area contributed by atoms with Gasteiger partial charge in [0.1, 0.15) is 5.52 Å². The highest BCUT2D eigenvalue weighted by atomic mass is 16.6. The van der Waals surface area contributed by atoms with Gasteiger partial charge in [-0.05, 0) is 31.2 Å². The number of hydrogen-bond donors (Lipinski definition) is 1. The molecule has 0 saturated carbocycles. The van der Waals surface area contributed by atoms with Crippen LogP contribution in [0.4, 0.5) is 22.7 Å². The molecule has 31 heavy (non-hydrogen) atoms. The lowest BCUT2D eigenvalue weighted by Crippen LogP contribution is -2.15. The number of benzene rings is 3. The number of fused-ring (bicyclic) bond motifs is 1. The molecule has 1 aromatic heterocycles. The Kier molecular flexibility index (Phi) is 4.83. The Morgan fingerprint density at radius 2 is 1.58 bits per heavy atom. The number of anilines is 2. The molecule has 0 bridgehead atoms. The minimum Gasteiger partial charge on any atom is -0.344 e. The summed E-state index contributed by atoms with van der Waals surface area (Å²) >= 11 is 0. The van der Waals surface area contributed by atoms with Gasteiger partial charge in [-0.1, -0.05) is 35.0 Å². The van der Waals surface area contributed by atoms with Crippen LogP contribution in [0.1, 0.15) is 15.9 Å². The number of carbonyl (C=O) groups excluding carboxylic acids is 1. The second-order valence-electron chi connectivity index (χ2n) is 6.69. The normalized spacial score (nSPS) is 10.7. The fourth-order valence-electron chi connectivity index (χ4n) is 3.07. The number of aromatic nitrogens is 3. The van der Waals surface area contributed by atoms with Crippen LogP contribution in [0.15, 0.2) is 60.7 Å². The Morgan fingerprint density at radius 1 is 0.968 bits per heavy atom. The maximum Gasteiger partial charge on any atom is 0.300 e. The van der Waals surface area contributed by atoms with Crippen molar-refractivity contribution in [2.24, 2.45) is 0 Å². The van der Waals surface area contributed by atoms with Gasteiger partial charge < -0.3 is 5.32 Å². The third-order valence-electron chi connectivity index (χ3n) is 4.60. The van der Waals surface area contributed by atoms with E-state index in [4.69, 9.17) is 0 Å². The molecule has 0 aliphatic carbocycles. The predicted molar refractivity (Wildman–Crippen MR) is 111 cm³/mol. The molecule has 11 nitrogen and oxygen atoms in total. The highest BCUT2D eigenvalue weighted by Crippen LogP contribution is 2.38. The minimum absolute atomic E-state index is 0.261. The number of nitro benzene ring substituents is 2. The first kappa shape index (κ1) is 19.6. The molecule has 0 spiro atoms. The van der Waals surface area contributed by atoms with Crippen LogP contribution in [0, 0.1) is 27.2 Å². The molecule has 0 aliphatic heterocycles. The van der Waals surface area contributed by atoms with E-state index in [1.165, 1.54) is 0 Å². The van der Waals surface area contributed by atoms with Crippen molar-refractivity contribution in [1.29, 1.82) is 0 Å². The summed E-state index contributed by atoms with van der Waals surface area (Å²) in [7, 11) is 0. The van der Waals surface area contributed by atoms with E-state index in [-0.39, 0.29) is 11.3 Å². The fraction of sp³-hybridized carbons (Fsp3) is 0.0500. The molecule has 1 heterocycles. The molecular weight excluding hydrogens is 404 g/mol. The molecule has 4 rings (SSSR count). The average Bonchev–Trinajstić information content (AvgIpc) is 3.18. The van der Waals surface area contributed by atoms with E-state index < -0.39 is 27.1 Å². The zero-order valence-corrected chi connectivity index (χ0v) is 16.1. The molecule has 0 saturated heterocycles. The predicted octanol–water partition coefficient (Wildman–Crippen LogP) is 3.99. The maximum atomic E-state index is 13.0. The van der Waals surface area contributed by atoms with Crippen LogP contribution in [-0.4, -0.2) is 30.7 Å². The van der Waals surface area contributed by atoms with Crippen LogP contribution in [0.3, 0.4) is 0 Å². The minimum atomic E-state index is -0.778. The second kappa shape index (κ2) is 7.63. The highest BCUT2D eigenvalue weighted by molar-refractivity contribution is 6.02. The van der Waals surface area contributed by atoms with Crippen molar-refractivity contribution in [3.8, 4) is 0 Å². The zero-order valence-electron chi connectivity index (χ0n) is 16.1. The fourth-order valence-corrected chi connectivity index (χ4v) is 3.07. The lowest BCUT2D eigenvalue weighted by Gasteiger charge is -2.10. The standard InChI is InChI=1S/C20H14N6O5/c1-12-6-8-14(9-7-12)21-19-17(25(28)29)10-13(11-18(19)26(30)31)20(27)24-16-5-3-2-4-15(16)22-23-24/h2-11,21H,1H3. The SMILES string of the molecule is Cc1ccc(Nc2c([N+](=O)[O-])cc(C(=O)n3nnc4ccccc43)cc2[N+](=O)[O-])cc1. The van der Waals surface area contributed by atoms with Crippen LogP contribution in [-0.2, 0) is 0 Å². The number of rotatable bonds is 5. The van der Waals surface area contributed by atoms with Crippen molar-refractivity contribution in [2.45, 2.75) is 6.92 Å². The van der Waals surface area contributed by atoms with Gasteiger partial charge in [0.15, 0.2) is 5.69 Å². The van der Waals surface area contributed by atoms with Crippen molar-refractivity contribution in [1.82, 2.24) is 15.0 Å². The summed E-state index contributed by atoms with van der Waals surface area (Å²) in [6.07, 6.45) is 0. The summed E-state index contributed by atoms with van der Waals surface area (Å²) in [6, 6.07) is 15.4. The van der Waals surface area contributed by atoms with Gasteiger partial charge in [0.2, 0.25) is 0 Å². The first-order valence-corrected chi connectivity index (χ1v) is 9.01. The van der Waals surface area contributed by atoms with E-state index in [9.17, 15) is 25.0 Å². The number of carbonyl (C=O) groups is 1. The molecule has 0 aliphatic rings. The van der Waals surface area contributed by atoms with Gasteiger partial charge in [0.25, 0.3) is 5.91 Å². The smallest absolute Gasteiger partial charge is 0.300 e.